The Morgan fingerprint density at radius 2 is 1.31 bits per heavy atom. The van der Waals surface area contributed by atoms with Crippen molar-refractivity contribution in [2.75, 3.05) is 0 Å². The van der Waals surface area contributed by atoms with Crippen LogP contribution in [-0.4, -0.2) is 0 Å². The zero-order chi connectivity index (χ0) is 24.8. The van der Waals surface area contributed by atoms with Gasteiger partial charge in [-0.2, -0.15) is 4.39 Å². The monoisotopic (exact) mass is 474 g/mol. The molecule has 0 spiro atoms. The summed E-state index contributed by atoms with van der Waals surface area (Å²) in [6.07, 6.45) is 3.61. The second-order valence-electron chi connectivity index (χ2n) is 8.69. The van der Waals surface area contributed by atoms with E-state index in [1.165, 1.54) is 12.1 Å². The highest BCUT2D eigenvalue weighted by Crippen LogP contribution is 2.31. The molecule has 0 atom stereocenters. The van der Waals surface area contributed by atoms with Gasteiger partial charge in [-0.1, -0.05) is 80.9 Å². The quantitative estimate of drug-likeness (QED) is 0.235. The SMILES string of the molecule is CCCCc1ccc(-c2ccc(COc3ccc(-c4ccc(CC)cc4)c(F)c3F)cc2)cc1F. The number of ether oxygens (including phenoxy) is 1. The van der Waals surface area contributed by atoms with E-state index >= 15 is 0 Å². The molecule has 180 valence electrons. The maximum absolute atomic E-state index is 14.7. The van der Waals surface area contributed by atoms with Crippen LogP contribution in [0.5, 0.6) is 5.75 Å². The number of hydrogen-bond donors (Lipinski definition) is 0. The second kappa shape index (κ2) is 11.3. The Balaban J connectivity index is 1.43. The molecule has 1 nitrogen and oxygen atoms in total. The molecule has 4 aromatic rings. The van der Waals surface area contributed by atoms with Gasteiger partial charge in [-0.3, -0.25) is 0 Å². The molecule has 0 amide bonds. The summed E-state index contributed by atoms with van der Waals surface area (Å²) in [6, 6.07) is 23.2. The van der Waals surface area contributed by atoms with E-state index in [1.54, 1.807) is 18.2 Å². The van der Waals surface area contributed by atoms with Gasteiger partial charge in [-0.25, -0.2) is 8.78 Å². The average molecular weight is 475 g/mol. The van der Waals surface area contributed by atoms with Crippen molar-refractivity contribution in [1.82, 2.24) is 0 Å². The van der Waals surface area contributed by atoms with Gasteiger partial charge in [-0.15, -0.1) is 0 Å². The van der Waals surface area contributed by atoms with Crippen LogP contribution in [0.4, 0.5) is 13.2 Å². The molecule has 4 aromatic carbocycles. The number of hydrogen-bond acceptors (Lipinski definition) is 1. The first-order valence-electron chi connectivity index (χ1n) is 12.1. The van der Waals surface area contributed by atoms with Crippen molar-refractivity contribution < 1.29 is 17.9 Å². The van der Waals surface area contributed by atoms with E-state index in [-0.39, 0.29) is 23.7 Å². The van der Waals surface area contributed by atoms with E-state index in [9.17, 15) is 13.2 Å². The van der Waals surface area contributed by atoms with E-state index in [4.69, 9.17) is 4.74 Å². The average Bonchev–Trinajstić information content (AvgIpc) is 2.89. The van der Waals surface area contributed by atoms with Gasteiger partial charge in [0.15, 0.2) is 11.6 Å². The molecule has 35 heavy (non-hydrogen) atoms. The summed E-state index contributed by atoms with van der Waals surface area (Å²) in [5.74, 6) is -2.25. The summed E-state index contributed by atoms with van der Waals surface area (Å²) >= 11 is 0. The van der Waals surface area contributed by atoms with Crippen LogP contribution >= 0.6 is 0 Å². The van der Waals surface area contributed by atoms with Crippen LogP contribution in [0.3, 0.4) is 0 Å². The van der Waals surface area contributed by atoms with E-state index in [0.717, 1.165) is 53.5 Å². The molecule has 0 heterocycles. The minimum atomic E-state index is -1.00. The highest BCUT2D eigenvalue weighted by atomic mass is 19.2. The van der Waals surface area contributed by atoms with Crippen LogP contribution in [0.2, 0.25) is 0 Å². The Morgan fingerprint density at radius 1 is 0.657 bits per heavy atom. The lowest BCUT2D eigenvalue weighted by Gasteiger charge is -2.12. The number of unbranched alkanes of at least 4 members (excludes halogenated alkanes) is 1. The van der Waals surface area contributed by atoms with Crippen molar-refractivity contribution in [2.24, 2.45) is 0 Å². The summed E-state index contributed by atoms with van der Waals surface area (Å²) in [4.78, 5) is 0. The Kier molecular flexibility index (Phi) is 7.91. The van der Waals surface area contributed by atoms with Gasteiger partial charge in [0.25, 0.3) is 0 Å². The predicted octanol–water partition coefficient (Wildman–Crippen LogP) is 8.92. The molecular formula is C31H29F3O. The van der Waals surface area contributed by atoms with Crippen molar-refractivity contribution in [1.29, 1.82) is 0 Å². The van der Waals surface area contributed by atoms with Gasteiger partial charge in [0, 0.05) is 5.56 Å². The lowest BCUT2D eigenvalue weighted by molar-refractivity contribution is 0.285. The summed E-state index contributed by atoms with van der Waals surface area (Å²) in [6.45, 7) is 4.22. The molecule has 0 fully saturated rings. The number of halogens is 3. The lowest BCUT2D eigenvalue weighted by Crippen LogP contribution is -2.00. The van der Waals surface area contributed by atoms with Crippen molar-refractivity contribution in [3.05, 3.63) is 113 Å². The highest BCUT2D eigenvalue weighted by molar-refractivity contribution is 5.66. The fourth-order valence-electron chi connectivity index (χ4n) is 4.04. The van der Waals surface area contributed by atoms with Gasteiger partial charge in [-0.05, 0) is 70.8 Å². The molecule has 0 aliphatic rings. The minimum absolute atomic E-state index is 0.0888. The van der Waals surface area contributed by atoms with Crippen molar-refractivity contribution in [3.8, 4) is 28.0 Å². The van der Waals surface area contributed by atoms with Gasteiger partial charge >= 0.3 is 0 Å². The largest absolute Gasteiger partial charge is 0.486 e. The van der Waals surface area contributed by atoms with Gasteiger partial charge in [0.1, 0.15) is 12.4 Å². The van der Waals surface area contributed by atoms with Gasteiger partial charge in [0.2, 0.25) is 5.82 Å². The van der Waals surface area contributed by atoms with E-state index in [0.29, 0.717) is 5.56 Å². The number of rotatable bonds is 9. The Morgan fingerprint density at radius 3 is 1.97 bits per heavy atom. The second-order valence-corrected chi connectivity index (χ2v) is 8.69. The summed E-state index contributed by atoms with van der Waals surface area (Å²) in [7, 11) is 0. The van der Waals surface area contributed by atoms with Crippen molar-refractivity contribution in [3.63, 3.8) is 0 Å². The fourth-order valence-corrected chi connectivity index (χ4v) is 4.04. The lowest BCUT2D eigenvalue weighted by atomic mass is 10.00. The van der Waals surface area contributed by atoms with Crippen LogP contribution in [-0.2, 0) is 19.4 Å². The molecule has 0 saturated heterocycles. The first kappa shape index (κ1) is 24.6. The third kappa shape index (κ3) is 5.76. The molecule has 0 unspecified atom stereocenters. The fraction of sp³-hybridized carbons (Fsp3) is 0.226. The molecule has 0 radical (unpaired) electrons. The molecule has 0 saturated carbocycles. The summed E-state index contributed by atoms with van der Waals surface area (Å²) in [5, 5.41) is 0. The topological polar surface area (TPSA) is 9.23 Å². The predicted molar refractivity (Wildman–Crippen MR) is 136 cm³/mol. The van der Waals surface area contributed by atoms with E-state index < -0.39 is 11.6 Å². The number of benzene rings is 4. The first-order valence-corrected chi connectivity index (χ1v) is 12.1. The summed E-state index contributed by atoms with van der Waals surface area (Å²) in [5.41, 5.74) is 5.17. The molecule has 0 aliphatic heterocycles. The van der Waals surface area contributed by atoms with E-state index in [2.05, 4.69) is 6.92 Å². The van der Waals surface area contributed by atoms with Crippen LogP contribution in [0.25, 0.3) is 22.3 Å². The Labute approximate surface area is 205 Å². The molecule has 4 heteroatoms. The van der Waals surface area contributed by atoms with Crippen LogP contribution in [0, 0.1) is 17.5 Å². The summed E-state index contributed by atoms with van der Waals surface area (Å²) < 4.78 is 49.4. The van der Waals surface area contributed by atoms with E-state index in [1.807, 2.05) is 55.5 Å². The smallest absolute Gasteiger partial charge is 0.201 e. The molecule has 0 aromatic heterocycles. The zero-order valence-corrected chi connectivity index (χ0v) is 20.1. The van der Waals surface area contributed by atoms with Crippen molar-refractivity contribution >= 4 is 0 Å². The normalized spacial score (nSPS) is 11.0. The zero-order valence-electron chi connectivity index (χ0n) is 20.1. The maximum Gasteiger partial charge on any atom is 0.201 e. The van der Waals surface area contributed by atoms with Gasteiger partial charge in [0.05, 0.1) is 0 Å². The highest BCUT2D eigenvalue weighted by Gasteiger charge is 2.16. The minimum Gasteiger partial charge on any atom is -0.486 e. The van der Waals surface area contributed by atoms with Crippen LogP contribution < -0.4 is 4.74 Å². The molecule has 0 N–H and O–H groups in total. The first-order chi connectivity index (χ1) is 17.0. The molecule has 0 bridgehead atoms. The van der Waals surface area contributed by atoms with Crippen LogP contribution in [0.15, 0.2) is 78.9 Å². The van der Waals surface area contributed by atoms with Crippen molar-refractivity contribution in [2.45, 2.75) is 46.1 Å². The third-order valence-electron chi connectivity index (χ3n) is 6.25. The number of aryl methyl sites for hydroxylation is 2. The maximum atomic E-state index is 14.7. The van der Waals surface area contributed by atoms with Gasteiger partial charge < -0.3 is 4.74 Å². The Bertz CT molecular complexity index is 1280. The van der Waals surface area contributed by atoms with Crippen LogP contribution in [0.1, 0.15) is 43.4 Å². The molecule has 4 rings (SSSR count). The third-order valence-corrected chi connectivity index (χ3v) is 6.25. The standard InChI is InChI=1S/C31H29F3O/c1-3-5-6-25-15-16-26(19-28(25)32)23-11-9-22(10-12-23)20-35-29-18-17-27(30(33)31(29)34)24-13-7-21(4-2)8-14-24/h7-19H,3-6,20H2,1-2H3. The molecule has 0 aliphatic carbocycles. The molecular weight excluding hydrogens is 445 g/mol. The Hall–Kier alpha value is -3.53.